The van der Waals surface area contributed by atoms with Gasteiger partial charge in [0.15, 0.2) is 0 Å². The lowest BCUT2D eigenvalue weighted by Gasteiger charge is -2.33. The summed E-state index contributed by atoms with van der Waals surface area (Å²) in [7, 11) is 1.65. The van der Waals surface area contributed by atoms with Crippen LogP contribution in [0.25, 0.3) is 0 Å². The molecule has 0 aromatic heterocycles. The molecule has 0 saturated carbocycles. The molecule has 22 heavy (non-hydrogen) atoms. The molecule has 0 bridgehead atoms. The number of methoxy groups -OCH3 is 1. The van der Waals surface area contributed by atoms with Gasteiger partial charge in [-0.3, -0.25) is 0 Å². The molecule has 1 aromatic carbocycles. The van der Waals surface area contributed by atoms with Gasteiger partial charge in [-0.2, -0.15) is 0 Å². The number of nitrogens with zero attached hydrogens (tertiary/aromatic N) is 1. The Morgan fingerprint density at radius 3 is 2.41 bits per heavy atom. The second-order valence-electron chi connectivity index (χ2n) is 6.67. The smallest absolute Gasteiger partial charge is 0.118 e. The average Bonchev–Trinajstić information content (AvgIpc) is 2.53. The van der Waals surface area contributed by atoms with Gasteiger partial charge in [-0.1, -0.05) is 26.0 Å². The largest absolute Gasteiger partial charge is 0.497 e. The fraction of sp³-hybridized carbons (Fsp3) is 0.667. The summed E-state index contributed by atoms with van der Waals surface area (Å²) >= 11 is 0. The quantitative estimate of drug-likeness (QED) is 0.812. The van der Waals surface area contributed by atoms with E-state index >= 15 is 0 Å². The molecule has 2 rings (SSSR count). The predicted octanol–water partition coefficient (Wildman–Crippen LogP) is 2.44. The van der Waals surface area contributed by atoms with Crippen LogP contribution < -0.4 is 10.1 Å². The van der Waals surface area contributed by atoms with Crippen LogP contribution in [0.3, 0.4) is 0 Å². The van der Waals surface area contributed by atoms with Gasteiger partial charge in [-0.25, -0.2) is 0 Å². The Morgan fingerprint density at radius 2 is 1.86 bits per heavy atom. The Bertz CT molecular complexity index is 425. The summed E-state index contributed by atoms with van der Waals surface area (Å²) in [6.45, 7) is 8.68. The monoisotopic (exact) mass is 306 g/mol. The molecule has 124 valence electrons. The summed E-state index contributed by atoms with van der Waals surface area (Å²) in [5.41, 5.74) is 0.936. The Kier molecular flexibility index (Phi) is 6.68. The second-order valence-corrected chi connectivity index (χ2v) is 6.67. The number of hydrogen-bond acceptors (Lipinski definition) is 4. The van der Waals surface area contributed by atoms with Crippen LogP contribution in [0.5, 0.6) is 5.75 Å². The van der Waals surface area contributed by atoms with E-state index in [1.54, 1.807) is 7.11 Å². The Labute approximate surface area is 134 Å². The molecule has 1 saturated heterocycles. The lowest BCUT2D eigenvalue weighted by atomic mass is 10.0. The maximum absolute atomic E-state index is 10.3. The van der Waals surface area contributed by atoms with Crippen molar-refractivity contribution in [3.63, 3.8) is 0 Å². The minimum Gasteiger partial charge on any atom is -0.497 e. The molecule has 1 unspecified atom stereocenters. The number of rotatable bonds is 7. The molecular formula is C18H30N2O2. The zero-order chi connectivity index (χ0) is 15.9. The fourth-order valence-corrected chi connectivity index (χ4v) is 3.06. The minimum absolute atomic E-state index is 0.459. The third-order valence-corrected chi connectivity index (χ3v) is 4.31. The Hall–Kier alpha value is -1.10. The molecule has 2 N–H and O–H groups in total. The predicted molar refractivity (Wildman–Crippen MR) is 90.3 cm³/mol. The van der Waals surface area contributed by atoms with E-state index in [2.05, 4.69) is 24.1 Å². The van der Waals surface area contributed by atoms with Crippen LogP contribution in [0, 0.1) is 5.92 Å². The van der Waals surface area contributed by atoms with Gasteiger partial charge in [-0.05, 0) is 49.5 Å². The Balaban J connectivity index is 1.71. The summed E-state index contributed by atoms with van der Waals surface area (Å²) in [6.07, 6.45) is 1.88. The SMILES string of the molecule is COc1ccc(C(O)CNC2CCN(CC(C)C)CC2)cc1. The van der Waals surface area contributed by atoms with Crippen LogP contribution in [0.4, 0.5) is 0 Å². The zero-order valence-corrected chi connectivity index (χ0v) is 14.1. The first kappa shape index (κ1) is 17.3. The molecule has 0 spiro atoms. The number of nitrogens with one attached hydrogen (secondary N) is 1. The van der Waals surface area contributed by atoms with E-state index in [9.17, 15) is 5.11 Å². The standard InChI is InChI=1S/C18H30N2O2/c1-14(2)13-20-10-8-16(9-11-20)19-12-18(21)15-4-6-17(22-3)7-5-15/h4-7,14,16,18-19,21H,8-13H2,1-3H3. The first-order chi connectivity index (χ1) is 10.6. The highest BCUT2D eigenvalue weighted by atomic mass is 16.5. The second kappa shape index (κ2) is 8.51. The van der Waals surface area contributed by atoms with E-state index in [0.29, 0.717) is 12.6 Å². The van der Waals surface area contributed by atoms with E-state index < -0.39 is 6.10 Å². The first-order valence-corrected chi connectivity index (χ1v) is 8.36. The zero-order valence-electron chi connectivity index (χ0n) is 14.1. The van der Waals surface area contributed by atoms with Crippen molar-refractivity contribution in [1.82, 2.24) is 10.2 Å². The molecule has 1 fully saturated rings. The van der Waals surface area contributed by atoms with Crippen LogP contribution in [0.2, 0.25) is 0 Å². The molecule has 0 radical (unpaired) electrons. The van der Waals surface area contributed by atoms with Crippen molar-refractivity contribution in [2.45, 2.75) is 38.8 Å². The third-order valence-electron chi connectivity index (χ3n) is 4.31. The topological polar surface area (TPSA) is 44.7 Å². The number of likely N-dealkylation sites (tertiary alicyclic amines) is 1. The lowest BCUT2D eigenvalue weighted by Crippen LogP contribution is -2.44. The van der Waals surface area contributed by atoms with E-state index in [4.69, 9.17) is 4.74 Å². The molecule has 0 amide bonds. The maximum Gasteiger partial charge on any atom is 0.118 e. The molecule has 0 aliphatic carbocycles. The van der Waals surface area contributed by atoms with Gasteiger partial charge in [0.2, 0.25) is 0 Å². The molecule has 1 aliphatic rings. The average molecular weight is 306 g/mol. The van der Waals surface area contributed by atoms with Gasteiger partial charge < -0.3 is 20.1 Å². The van der Waals surface area contributed by atoms with Crippen molar-refractivity contribution in [2.24, 2.45) is 5.92 Å². The highest BCUT2D eigenvalue weighted by Crippen LogP contribution is 2.18. The first-order valence-electron chi connectivity index (χ1n) is 8.36. The van der Waals surface area contributed by atoms with Crippen molar-refractivity contribution in [1.29, 1.82) is 0 Å². The minimum atomic E-state index is -0.459. The van der Waals surface area contributed by atoms with Crippen molar-refractivity contribution in [3.8, 4) is 5.75 Å². The van der Waals surface area contributed by atoms with Crippen molar-refractivity contribution in [2.75, 3.05) is 33.3 Å². The molecule has 1 heterocycles. The summed E-state index contributed by atoms with van der Waals surface area (Å²) in [4.78, 5) is 2.54. The van der Waals surface area contributed by atoms with Crippen LogP contribution in [-0.4, -0.2) is 49.3 Å². The van der Waals surface area contributed by atoms with Gasteiger partial charge in [0.25, 0.3) is 0 Å². The number of piperidine rings is 1. The van der Waals surface area contributed by atoms with Gasteiger partial charge in [0.05, 0.1) is 13.2 Å². The number of ether oxygens (including phenoxy) is 1. The maximum atomic E-state index is 10.3. The van der Waals surface area contributed by atoms with E-state index in [-0.39, 0.29) is 0 Å². The third kappa shape index (κ3) is 5.27. The number of hydrogen-bond donors (Lipinski definition) is 2. The highest BCUT2D eigenvalue weighted by molar-refractivity contribution is 5.28. The summed E-state index contributed by atoms with van der Waals surface area (Å²) in [5.74, 6) is 1.56. The summed E-state index contributed by atoms with van der Waals surface area (Å²) in [6, 6.07) is 8.16. The summed E-state index contributed by atoms with van der Waals surface area (Å²) < 4.78 is 5.14. The van der Waals surface area contributed by atoms with Crippen molar-refractivity contribution >= 4 is 0 Å². The number of benzene rings is 1. The van der Waals surface area contributed by atoms with Crippen LogP contribution in [-0.2, 0) is 0 Å². The van der Waals surface area contributed by atoms with E-state index in [0.717, 1.165) is 30.3 Å². The molecular weight excluding hydrogens is 276 g/mol. The van der Waals surface area contributed by atoms with Gasteiger partial charge >= 0.3 is 0 Å². The molecule has 1 atom stereocenters. The normalized spacial score (nSPS) is 18.6. The number of aliphatic hydroxyl groups excluding tert-OH is 1. The van der Waals surface area contributed by atoms with Gasteiger partial charge in [-0.15, -0.1) is 0 Å². The van der Waals surface area contributed by atoms with Crippen LogP contribution in [0.1, 0.15) is 38.4 Å². The van der Waals surface area contributed by atoms with Crippen molar-refractivity contribution in [3.05, 3.63) is 29.8 Å². The molecule has 1 aliphatic heterocycles. The summed E-state index contributed by atoms with van der Waals surface area (Å²) in [5, 5.41) is 13.8. The van der Waals surface area contributed by atoms with Crippen molar-refractivity contribution < 1.29 is 9.84 Å². The van der Waals surface area contributed by atoms with E-state index in [1.807, 2.05) is 24.3 Å². The molecule has 1 aromatic rings. The van der Waals surface area contributed by atoms with Crippen LogP contribution in [0.15, 0.2) is 24.3 Å². The Morgan fingerprint density at radius 1 is 1.23 bits per heavy atom. The van der Waals surface area contributed by atoms with E-state index in [1.165, 1.54) is 19.4 Å². The van der Waals surface area contributed by atoms with Gasteiger partial charge in [0.1, 0.15) is 5.75 Å². The van der Waals surface area contributed by atoms with Gasteiger partial charge in [0, 0.05) is 19.1 Å². The lowest BCUT2D eigenvalue weighted by molar-refractivity contribution is 0.146. The number of aliphatic hydroxyl groups is 1. The molecule has 4 heteroatoms. The molecule has 4 nitrogen and oxygen atoms in total. The highest BCUT2D eigenvalue weighted by Gasteiger charge is 2.20. The van der Waals surface area contributed by atoms with Crippen LogP contribution >= 0.6 is 0 Å². The fourth-order valence-electron chi connectivity index (χ4n) is 3.06.